The van der Waals surface area contributed by atoms with Gasteiger partial charge in [-0.25, -0.2) is 4.68 Å². The largest absolute Gasteiger partial charge is 0.351 e. The van der Waals surface area contributed by atoms with Gasteiger partial charge >= 0.3 is 0 Å². The third-order valence-electron chi connectivity index (χ3n) is 4.40. The number of rotatable bonds is 5. The summed E-state index contributed by atoms with van der Waals surface area (Å²) in [6.45, 7) is 4.70. The zero-order chi connectivity index (χ0) is 16.9. The Kier molecular flexibility index (Phi) is 5.63. The van der Waals surface area contributed by atoms with Crippen LogP contribution in [0.3, 0.4) is 0 Å². The van der Waals surface area contributed by atoms with Crippen molar-refractivity contribution in [2.24, 2.45) is 5.92 Å². The van der Waals surface area contributed by atoms with Crippen molar-refractivity contribution in [3.05, 3.63) is 40.1 Å². The monoisotopic (exact) mass is 391 g/mol. The highest BCUT2D eigenvalue weighted by molar-refractivity contribution is 9.10. The molecule has 1 unspecified atom stereocenters. The van der Waals surface area contributed by atoms with Crippen molar-refractivity contribution >= 4 is 21.8 Å². The van der Waals surface area contributed by atoms with Gasteiger partial charge in [0.15, 0.2) is 5.69 Å². The van der Waals surface area contributed by atoms with Crippen molar-refractivity contribution in [2.45, 2.75) is 26.2 Å². The van der Waals surface area contributed by atoms with Crippen LogP contribution < -0.4 is 10.6 Å². The van der Waals surface area contributed by atoms with Gasteiger partial charge in [-0.05, 0) is 63.4 Å². The fraction of sp³-hybridized carbons (Fsp3) is 0.471. The maximum Gasteiger partial charge on any atom is 0.273 e. The van der Waals surface area contributed by atoms with Gasteiger partial charge in [-0.2, -0.15) is 0 Å². The summed E-state index contributed by atoms with van der Waals surface area (Å²) in [5.41, 5.74) is 2.00. The summed E-state index contributed by atoms with van der Waals surface area (Å²) >= 11 is 3.45. The van der Waals surface area contributed by atoms with Crippen LogP contribution in [0.1, 0.15) is 35.4 Å². The predicted octanol–water partition coefficient (Wildman–Crippen LogP) is 2.46. The summed E-state index contributed by atoms with van der Waals surface area (Å²) in [5.74, 6) is 0.495. The molecule has 0 saturated carbocycles. The number of aromatic nitrogens is 3. The first-order valence-corrected chi connectivity index (χ1v) is 9.11. The highest BCUT2D eigenvalue weighted by atomic mass is 79.9. The summed E-state index contributed by atoms with van der Waals surface area (Å²) in [6, 6.07) is 7.76. The first-order chi connectivity index (χ1) is 11.6. The standard InChI is InChI=1S/C17H22BrN5O/c1-12-16(17(24)20-9-7-13-4-3-8-19-11-13)21-22-23(12)15-6-2-5-14(18)10-15/h2,5-6,10,13,19H,3-4,7-9,11H2,1H3,(H,20,24). The number of nitrogens with zero attached hydrogens (tertiary/aromatic N) is 3. The molecule has 2 heterocycles. The van der Waals surface area contributed by atoms with Crippen molar-refractivity contribution in [2.75, 3.05) is 19.6 Å². The molecule has 0 spiro atoms. The molecule has 0 bridgehead atoms. The van der Waals surface area contributed by atoms with Crippen molar-refractivity contribution in [1.29, 1.82) is 0 Å². The minimum absolute atomic E-state index is 0.155. The molecule has 24 heavy (non-hydrogen) atoms. The Hall–Kier alpha value is -1.73. The van der Waals surface area contributed by atoms with E-state index in [0.29, 0.717) is 18.2 Å². The first kappa shape index (κ1) is 17.1. The summed E-state index contributed by atoms with van der Waals surface area (Å²) in [6.07, 6.45) is 3.46. The van der Waals surface area contributed by atoms with Gasteiger partial charge in [0.1, 0.15) is 0 Å². The van der Waals surface area contributed by atoms with Crippen LogP contribution in [0.25, 0.3) is 5.69 Å². The van der Waals surface area contributed by atoms with Crippen LogP contribution in [-0.4, -0.2) is 40.5 Å². The number of carbonyl (C=O) groups excluding carboxylic acids is 1. The van der Waals surface area contributed by atoms with Crippen LogP contribution in [0.2, 0.25) is 0 Å². The maximum absolute atomic E-state index is 12.4. The van der Waals surface area contributed by atoms with E-state index in [4.69, 9.17) is 0 Å². The molecule has 1 fully saturated rings. The van der Waals surface area contributed by atoms with Crippen LogP contribution in [0.15, 0.2) is 28.7 Å². The molecular formula is C17H22BrN5O. The lowest BCUT2D eigenvalue weighted by Gasteiger charge is -2.22. The molecule has 1 aliphatic heterocycles. The number of hydrogen-bond acceptors (Lipinski definition) is 4. The minimum Gasteiger partial charge on any atom is -0.351 e. The van der Waals surface area contributed by atoms with E-state index >= 15 is 0 Å². The van der Waals surface area contributed by atoms with E-state index in [-0.39, 0.29) is 5.91 Å². The second kappa shape index (κ2) is 7.90. The smallest absolute Gasteiger partial charge is 0.273 e. The van der Waals surface area contributed by atoms with Crippen LogP contribution in [-0.2, 0) is 0 Å². The second-order valence-electron chi connectivity index (χ2n) is 6.17. The second-order valence-corrected chi connectivity index (χ2v) is 7.09. The molecule has 1 aliphatic rings. The zero-order valence-corrected chi connectivity index (χ0v) is 15.3. The molecule has 1 aromatic carbocycles. The summed E-state index contributed by atoms with van der Waals surface area (Å²) in [5, 5.41) is 14.6. The fourth-order valence-corrected chi connectivity index (χ4v) is 3.42. The van der Waals surface area contributed by atoms with Crippen LogP contribution in [0, 0.1) is 12.8 Å². The molecule has 128 valence electrons. The average molecular weight is 392 g/mol. The Morgan fingerprint density at radius 2 is 2.38 bits per heavy atom. The number of piperidine rings is 1. The Morgan fingerprint density at radius 3 is 3.12 bits per heavy atom. The lowest BCUT2D eigenvalue weighted by molar-refractivity contribution is 0.0945. The van der Waals surface area contributed by atoms with Crippen molar-refractivity contribution in [1.82, 2.24) is 25.6 Å². The van der Waals surface area contributed by atoms with Gasteiger partial charge in [-0.1, -0.05) is 27.2 Å². The number of benzene rings is 1. The van der Waals surface area contributed by atoms with E-state index in [0.717, 1.165) is 35.4 Å². The van der Waals surface area contributed by atoms with E-state index in [1.807, 2.05) is 31.2 Å². The van der Waals surface area contributed by atoms with E-state index < -0.39 is 0 Å². The Labute approximate surface area is 150 Å². The maximum atomic E-state index is 12.4. The lowest BCUT2D eigenvalue weighted by atomic mass is 9.96. The van der Waals surface area contributed by atoms with E-state index in [1.165, 1.54) is 12.8 Å². The molecule has 1 aromatic heterocycles. The molecule has 1 atom stereocenters. The molecule has 1 amide bonds. The summed E-state index contributed by atoms with van der Waals surface area (Å²) in [4.78, 5) is 12.4. The number of carbonyl (C=O) groups is 1. The van der Waals surface area contributed by atoms with Gasteiger partial charge in [0.2, 0.25) is 0 Å². The summed E-state index contributed by atoms with van der Waals surface area (Å²) in [7, 11) is 0. The highest BCUT2D eigenvalue weighted by Crippen LogP contribution is 2.17. The Bertz CT molecular complexity index is 709. The SMILES string of the molecule is Cc1c(C(=O)NCCC2CCCNC2)nnn1-c1cccc(Br)c1. The quantitative estimate of drug-likeness (QED) is 0.820. The van der Waals surface area contributed by atoms with E-state index in [1.54, 1.807) is 4.68 Å². The third kappa shape index (κ3) is 4.02. The highest BCUT2D eigenvalue weighted by Gasteiger charge is 2.18. The molecule has 7 heteroatoms. The van der Waals surface area contributed by atoms with Gasteiger partial charge in [0, 0.05) is 11.0 Å². The van der Waals surface area contributed by atoms with Gasteiger partial charge in [0.25, 0.3) is 5.91 Å². The molecule has 0 radical (unpaired) electrons. The first-order valence-electron chi connectivity index (χ1n) is 8.32. The topological polar surface area (TPSA) is 71.8 Å². The Morgan fingerprint density at radius 1 is 1.50 bits per heavy atom. The molecule has 1 saturated heterocycles. The molecule has 2 N–H and O–H groups in total. The zero-order valence-electron chi connectivity index (χ0n) is 13.8. The normalized spacial score (nSPS) is 17.7. The van der Waals surface area contributed by atoms with Crippen LogP contribution >= 0.6 is 15.9 Å². The van der Waals surface area contributed by atoms with Gasteiger partial charge < -0.3 is 10.6 Å². The number of nitrogens with one attached hydrogen (secondary N) is 2. The van der Waals surface area contributed by atoms with Crippen LogP contribution in [0.4, 0.5) is 0 Å². The molecular weight excluding hydrogens is 370 g/mol. The predicted molar refractivity (Wildman–Crippen MR) is 96.3 cm³/mol. The molecule has 0 aliphatic carbocycles. The van der Waals surface area contributed by atoms with Crippen molar-refractivity contribution < 1.29 is 4.79 Å². The molecule has 3 rings (SSSR count). The van der Waals surface area contributed by atoms with Gasteiger partial charge in [0.05, 0.1) is 11.4 Å². The van der Waals surface area contributed by atoms with Gasteiger partial charge in [-0.3, -0.25) is 4.79 Å². The van der Waals surface area contributed by atoms with Crippen molar-refractivity contribution in [3.63, 3.8) is 0 Å². The molecule has 6 nitrogen and oxygen atoms in total. The average Bonchev–Trinajstić information content (AvgIpc) is 2.97. The molecule has 2 aromatic rings. The number of amides is 1. The third-order valence-corrected chi connectivity index (χ3v) is 4.89. The minimum atomic E-state index is -0.155. The Balaban J connectivity index is 1.61. The number of hydrogen-bond donors (Lipinski definition) is 2. The number of halogens is 1. The fourth-order valence-electron chi connectivity index (χ4n) is 3.04. The van der Waals surface area contributed by atoms with E-state index in [2.05, 4.69) is 36.9 Å². The van der Waals surface area contributed by atoms with Crippen LogP contribution in [0.5, 0.6) is 0 Å². The van der Waals surface area contributed by atoms with E-state index in [9.17, 15) is 4.79 Å². The lowest BCUT2D eigenvalue weighted by Crippen LogP contribution is -2.33. The van der Waals surface area contributed by atoms with Crippen molar-refractivity contribution in [3.8, 4) is 5.69 Å². The summed E-state index contributed by atoms with van der Waals surface area (Å²) < 4.78 is 2.65. The van der Waals surface area contributed by atoms with Gasteiger partial charge in [-0.15, -0.1) is 5.10 Å².